The van der Waals surface area contributed by atoms with Crippen LogP contribution in [0.15, 0.2) is 56.4 Å². The third-order valence-electron chi connectivity index (χ3n) is 5.74. The molecule has 5 rings (SSSR count). The number of fused-ring (bicyclic) bond motifs is 1. The molecule has 4 heterocycles. The highest BCUT2D eigenvalue weighted by molar-refractivity contribution is 8.01. The molecule has 1 aromatic carbocycles. The molecule has 2 amide bonds. The second kappa shape index (κ2) is 11.1. The zero-order valence-corrected chi connectivity index (χ0v) is 22.7. The minimum Gasteiger partial charge on any atom is -0.493 e. The molecule has 0 saturated carbocycles. The molecule has 2 aliphatic heterocycles. The first-order chi connectivity index (χ1) is 18.4. The molecule has 38 heavy (non-hydrogen) atoms. The number of ether oxygens (including phenoxy) is 2. The average Bonchev–Trinajstić information content (AvgIpc) is 3.57. The van der Waals surface area contributed by atoms with Crippen molar-refractivity contribution in [3.63, 3.8) is 0 Å². The van der Waals surface area contributed by atoms with Crippen molar-refractivity contribution in [2.45, 2.75) is 29.3 Å². The number of carbonyl (C=O) groups is 3. The van der Waals surface area contributed by atoms with Gasteiger partial charge in [-0.25, -0.2) is 4.79 Å². The summed E-state index contributed by atoms with van der Waals surface area (Å²) >= 11 is 4.22. The minimum absolute atomic E-state index is 0.0223. The molecule has 0 unspecified atom stereocenters. The normalized spacial score (nSPS) is 18.6. The summed E-state index contributed by atoms with van der Waals surface area (Å²) in [7, 11) is 1.54. The van der Waals surface area contributed by atoms with Crippen molar-refractivity contribution in [1.29, 1.82) is 0 Å². The van der Waals surface area contributed by atoms with Gasteiger partial charge in [-0.1, -0.05) is 35.2 Å². The first-order valence-corrected chi connectivity index (χ1v) is 14.2. The zero-order valence-electron chi connectivity index (χ0n) is 20.2. The van der Waals surface area contributed by atoms with Gasteiger partial charge < -0.3 is 24.3 Å². The van der Waals surface area contributed by atoms with E-state index in [1.807, 2.05) is 19.1 Å². The smallest absolute Gasteiger partial charge is 0.352 e. The highest BCUT2D eigenvalue weighted by Crippen LogP contribution is 2.42. The third kappa shape index (κ3) is 5.24. The second-order valence-corrected chi connectivity index (χ2v) is 11.7. The summed E-state index contributed by atoms with van der Waals surface area (Å²) < 4.78 is 17.3. The average molecular weight is 575 g/mol. The molecule has 2 aromatic heterocycles. The number of benzene rings is 1. The van der Waals surface area contributed by atoms with Crippen molar-refractivity contribution < 1.29 is 33.4 Å². The number of aliphatic carboxylic acids is 1. The largest absolute Gasteiger partial charge is 0.493 e. The number of β-lactam (4-membered cyclic amide) rings is 1. The lowest BCUT2D eigenvalue weighted by Gasteiger charge is -2.49. The Morgan fingerprint density at radius 1 is 1.24 bits per heavy atom. The Morgan fingerprint density at radius 2 is 2.03 bits per heavy atom. The number of methoxy groups -OCH3 is 1. The zero-order chi connectivity index (χ0) is 26.8. The van der Waals surface area contributed by atoms with Crippen LogP contribution in [-0.2, 0) is 16.2 Å². The van der Waals surface area contributed by atoms with Gasteiger partial charge in [-0.3, -0.25) is 14.5 Å². The second-order valence-electron chi connectivity index (χ2n) is 8.20. The first kappa shape index (κ1) is 26.1. The molecular formula is C24H22N4O7S3. The molecule has 2 N–H and O–H groups in total. The van der Waals surface area contributed by atoms with Crippen molar-refractivity contribution in [1.82, 2.24) is 20.4 Å². The van der Waals surface area contributed by atoms with Gasteiger partial charge in [0.1, 0.15) is 34.5 Å². The van der Waals surface area contributed by atoms with Crippen LogP contribution in [0.25, 0.3) is 0 Å². The summed E-state index contributed by atoms with van der Waals surface area (Å²) in [5.41, 5.74) is 0.590. The highest BCUT2D eigenvalue weighted by atomic mass is 32.2. The van der Waals surface area contributed by atoms with Crippen LogP contribution >= 0.6 is 34.9 Å². The molecule has 1 fully saturated rings. The number of nitrogens with zero attached hydrogens (tertiary/aromatic N) is 3. The van der Waals surface area contributed by atoms with E-state index in [4.69, 9.17) is 13.9 Å². The van der Waals surface area contributed by atoms with Crippen LogP contribution in [-0.4, -0.2) is 68.0 Å². The van der Waals surface area contributed by atoms with Gasteiger partial charge in [0.15, 0.2) is 21.6 Å². The number of furan rings is 1. The Bertz CT molecular complexity index is 1420. The van der Waals surface area contributed by atoms with Crippen molar-refractivity contribution in [2.24, 2.45) is 0 Å². The summed E-state index contributed by atoms with van der Waals surface area (Å²) in [4.78, 5) is 39.0. The number of nitrogens with one attached hydrogen (secondary N) is 1. The SMILES string of the molecule is COc1ccccc1OCc1ccc(C(=O)N[C@@H]2C(=O)N3C(C(=O)O)=C(CSc4nnc(C)s4)CS[C@H]23)o1. The van der Waals surface area contributed by atoms with Gasteiger partial charge in [0.25, 0.3) is 11.8 Å². The minimum atomic E-state index is -1.18. The molecule has 198 valence electrons. The number of thioether (sulfide) groups is 2. The number of hydrogen-bond acceptors (Lipinski definition) is 11. The quantitative estimate of drug-likeness (QED) is 0.272. The van der Waals surface area contributed by atoms with Crippen LogP contribution in [0.2, 0.25) is 0 Å². The molecule has 14 heteroatoms. The van der Waals surface area contributed by atoms with Gasteiger partial charge >= 0.3 is 5.97 Å². The van der Waals surface area contributed by atoms with Crippen molar-refractivity contribution in [3.05, 3.63) is 64.2 Å². The summed E-state index contributed by atoms with van der Waals surface area (Å²) in [6.07, 6.45) is 0. The number of para-hydroxylation sites is 2. The van der Waals surface area contributed by atoms with E-state index >= 15 is 0 Å². The number of carbonyl (C=O) groups excluding carboxylic acids is 2. The van der Waals surface area contributed by atoms with E-state index in [9.17, 15) is 19.5 Å². The van der Waals surface area contributed by atoms with Crippen molar-refractivity contribution in [3.8, 4) is 11.5 Å². The molecule has 3 aromatic rings. The molecule has 1 saturated heterocycles. The summed E-state index contributed by atoms with van der Waals surface area (Å²) in [5.74, 6) is 0.110. The van der Waals surface area contributed by atoms with Gasteiger partial charge in [0.2, 0.25) is 0 Å². The van der Waals surface area contributed by atoms with Gasteiger partial charge in [-0.15, -0.1) is 22.0 Å². The number of rotatable bonds is 10. The topological polar surface area (TPSA) is 144 Å². The van der Waals surface area contributed by atoms with Gasteiger partial charge in [0.05, 0.1) is 7.11 Å². The molecule has 0 aliphatic carbocycles. The maximum Gasteiger partial charge on any atom is 0.352 e. The Labute approximate surface area is 229 Å². The van der Waals surface area contributed by atoms with E-state index in [0.29, 0.717) is 34.3 Å². The monoisotopic (exact) mass is 574 g/mol. The van der Waals surface area contributed by atoms with E-state index in [0.717, 1.165) is 9.35 Å². The maximum absolute atomic E-state index is 12.9. The number of carboxylic acids is 1. The van der Waals surface area contributed by atoms with Crippen LogP contribution in [0, 0.1) is 6.92 Å². The summed E-state index contributed by atoms with van der Waals surface area (Å²) in [5, 5.41) is 20.8. The molecule has 0 radical (unpaired) electrons. The number of hydrogen-bond donors (Lipinski definition) is 2. The Kier molecular flexibility index (Phi) is 7.63. The number of aryl methyl sites for hydroxylation is 1. The maximum atomic E-state index is 12.9. The Balaban J connectivity index is 1.21. The van der Waals surface area contributed by atoms with Gasteiger partial charge in [-0.05, 0) is 36.8 Å². The molecule has 0 bridgehead atoms. The van der Waals surface area contributed by atoms with Crippen molar-refractivity contribution >= 4 is 52.6 Å². The van der Waals surface area contributed by atoms with Crippen LogP contribution in [0.3, 0.4) is 0 Å². The molecule has 11 nitrogen and oxygen atoms in total. The van der Waals surface area contributed by atoms with Crippen LogP contribution in [0.4, 0.5) is 0 Å². The fourth-order valence-electron chi connectivity index (χ4n) is 3.96. The third-order valence-corrected chi connectivity index (χ3v) is 9.14. The lowest BCUT2D eigenvalue weighted by Crippen LogP contribution is -2.70. The highest BCUT2D eigenvalue weighted by Gasteiger charge is 2.54. The first-order valence-electron chi connectivity index (χ1n) is 11.3. The fourth-order valence-corrected chi connectivity index (χ4v) is 7.26. The summed E-state index contributed by atoms with van der Waals surface area (Å²) in [6.45, 7) is 1.92. The molecule has 2 atom stereocenters. The molecular weight excluding hydrogens is 552 g/mol. The predicted octanol–water partition coefficient (Wildman–Crippen LogP) is 3.17. The van der Waals surface area contributed by atoms with Gasteiger partial charge in [-0.2, -0.15) is 0 Å². The Morgan fingerprint density at radius 3 is 2.74 bits per heavy atom. The molecule has 0 spiro atoms. The van der Waals surface area contributed by atoms with E-state index in [-0.39, 0.29) is 18.1 Å². The van der Waals surface area contributed by atoms with Crippen LogP contribution in [0.5, 0.6) is 11.5 Å². The predicted molar refractivity (Wildman–Crippen MR) is 140 cm³/mol. The van der Waals surface area contributed by atoms with Gasteiger partial charge in [0, 0.05) is 11.5 Å². The number of amides is 2. The van der Waals surface area contributed by atoms with Crippen LogP contribution < -0.4 is 14.8 Å². The van der Waals surface area contributed by atoms with E-state index in [1.165, 1.54) is 45.8 Å². The van der Waals surface area contributed by atoms with Crippen LogP contribution in [0.1, 0.15) is 21.3 Å². The van der Waals surface area contributed by atoms with E-state index in [2.05, 4.69) is 15.5 Å². The number of aromatic nitrogens is 2. The van der Waals surface area contributed by atoms with E-state index < -0.39 is 29.2 Å². The fraction of sp³-hybridized carbons (Fsp3) is 0.292. The standard InChI is InChI=1S/C24H22N4O7S3/c1-12-26-27-24(38-12)37-11-13-10-36-22-18(21(30)28(22)19(13)23(31)32)25-20(29)17-8-7-14(35-17)9-34-16-6-4-3-5-15(16)33-2/h3-8,18,22H,9-11H2,1-2H3,(H,25,29)(H,31,32)/t18-,22-/m1/s1. The Hall–Kier alpha value is -3.49. The van der Waals surface area contributed by atoms with E-state index in [1.54, 1.807) is 25.3 Å². The number of carboxylic acid groups (broad SMARTS) is 1. The summed E-state index contributed by atoms with van der Waals surface area (Å²) in [6, 6.07) is 9.41. The van der Waals surface area contributed by atoms with Crippen molar-refractivity contribution in [2.75, 3.05) is 18.6 Å². The molecule has 2 aliphatic rings. The lowest BCUT2D eigenvalue weighted by atomic mass is 10.0. The lowest BCUT2D eigenvalue weighted by molar-refractivity contribution is -0.148.